The van der Waals surface area contributed by atoms with E-state index in [0.717, 1.165) is 0 Å². The van der Waals surface area contributed by atoms with Crippen molar-refractivity contribution in [1.82, 2.24) is 4.90 Å². The first-order valence-electron chi connectivity index (χ1n) is 7.06. The number of hydrogen-bond donors (Lipinski definition) is 0. The number of benzene rings is 2. The molecule has 0 saturated carbocycles. The Bertz CT molecular complexity index is 545. The number of aryl methyl sites for hydroxylation is 1. The van der Waals surface area contributed by atoms with Gasteiger partial charge in [0.05, 0.1) is 0 Å². The van der Waals surface area contributed by atoms with E-state index in [1.165, 1.54) is 29.5 Å². The van der Waals surface area contributed by atoms with Crippen LogP contribution in [0.3, 0.4) is 0 Å². The molecule has 1 aliphatic rings. The summed E-state index contributed by atoms with van der Waals surface area (Å²) < 4.78 is 0. The summed E-state index contributed by atoms with van der Waals surface area (Å²) in [5, 5.41) is 0. The molecule has 0 heterocycles. The van der Waals surface area contributed by atoms with Gasteiger partial charge in [-0.2, -0.15) is 0 Å². The molecule has 0 bridgehead atoms. The van der Waals surface area contributed by atoms with Crippen LogP contribution in [0.2, 0.25) is 0 Å². The zero-order valence-corrected chi connectivity index (χ0v) is 11.7. The van der Waals surface area contributed by atoms with Gasteiger partial charge in [-0.25, -0.2) is 0 Å². The van der Waals surface area contributed by atoms with Gasteiger partial charge < -0.3 is 4.90 Å². The van der Waals surface area contributed by atoms with E-state index in [-0.39, 0.29) is 0 Å². The van der Waals surface area contributed by atoms with E-state index in [0.29, 0.717) is 12.0 Å². The first kappa shape index (κ1) is 12.4. The summed E-state index contributed by atoms with van der Waals surface area (Å²) in [4.78, 5) is 2.38. The Kier molecular flexibility index (Phi) is 3.39. The summed E-state index contributed by atoms with van der Waals surface area (Å²) in [5.74, 6) is 0.501. The van der Waals surface area contributed by atoms with Crippen LogP contribution < -0.4 is 0 Å². The highest BCUT2D eigenvalue weighted by molar-refractivity contribution is 5.41. The molecule has 0 unspecified atom stereocenters. The van der Waals surface area contributed by atoms with Crippen molar-refractivity contribution in [3.8, 4) is 0 Å². The molecule has 0 spiro atoms. The Morgan fingerprint density at radius 2 is 1.58 bits per heavy atom. The molecular formula is C18H21N. The molecule has 0 fully saturated rings. The molecule has 0 aromatic heterocycles. The van der Waals surface area contributed by atoms with Gasteiger partial charge in [-0.15, -0.1) is 0 Å². The van der Waals surface area contributed by atoms with Gasteiger partial charge in [0.25, 0.3) is 0 Å². The lowest BCUT2D eigenvalue weighted by atomic mass is 9.75. The fourth-order valence-electron chi connectivity index (χ4n) is 3.36. The van der Waals surface area contributed by atoms with Crippen LogP contribution in [0.15, 0.2) is 54.6 Å². The van der Waals surface area contributed by atoms with E-state index in [1.807, 2.05) is 0 Å². The number of hydrogen-bond acceptors (Lipinski definition) is 1. The second-order valence-corrected chi connectivity index (χ2v) is 5.66. The van der Waals surface area contributed by atoms with Gasteiger partial charge in [0.15, 0.2) is 0 Å². The summed E-state index contributed by atoms with van der Waals surface area (Å²) in [7, 11) is 4.41. The zero-order chi connectivity index (χ0) is 13.2. The molecule has 1 aliphatic carbocycles. The number of likely N-dealkylation sites (N-methyl/N-ethyl adjacent to an activating group) is 1. The maximum absolute atomic E-state index is 2.38. The molecule has 19 heavy (non-hydrogen) atoms. The summed E-state index contributed by atoms with van der Waals surface area (Å²) in [6, 6.07) is 20.5. The van der Waals surface area contributed by atoms with Gasteiger partial charge in [0.2, 0.25) is 0 Å². The molecule has 0 amide bonds. The molecule has 0 N–H and O–H groups in total. The maximum Gasteiger partial charge on any atom is 0.0248 e. The lowest BCUT2D eigenvalue weighted by molar-refractivity contribution is 0.245. The van der Waals surface area contributed by atoms with Crippen LogP contribution in [0.5, 0.6) is 0 Å². The van der Waals surface area contributed by atoms with Crippen molar-refractivity contribution in [2.75, 3.05) is 14.1 Å². The van der Waals surface area contributed by atoms with Gasteiger partial charge in [-0.05, 0) is 43.6 Å². The predicted octanol–water partition coefficient (Wildman–Crippen LogP) is 3.69. The average molecular weight is 251 g/mol. The normalized spacial score (nSPS) is 22.3. The number of rotatable bonds is 2. The van der Waals surface area contributed by atoms with Crippen molar-refractivity contribution < 1.29 is 0 Å². The quantitative estimate of drug-likeness (QED) is 0.786. The molecule has 2 aromatic carbocycles. The third-order valence-electron chi connectivity index (χ3n) is 4.31. The first-order chi connectivity index (χ1) is 9.27. The molecule has 3 rings (SSSR count). The standard InChI is InChI=1S/C18H21N/c1-19(2)17-13-12-14-8-6-7-11-16(14)18(17)15-9-4-3-5-10-15/h3-11,17-18H,12-13H2,1-2H3/t17-,18+/m1/s1. The van der Waals surface area contributed by atoms with E-state index < -0.39 is 0 Å². The van der Waals surface area contributed by atoms with E-state index in [9.17, 15) is 0 Å². The highest BCUT2D eigenvalue weighted by atomic mass is 15.1. The molecule has 2 atom stereocenters. The molecule has 0 saturated heterocycles. The largest absolute Gasteiger partial charge is 0.305 e. The van der Waals surface area contributed by atoms with Gasteiger partial charge in [-0.3, -0.25) is 0 Å². The lowest BCUT2D eigenvalue weighted by Crippen LogP contribution is -2.38. The van der Waals surface area contributed by atoms with Gasteiger partial charge in [-0.1, -0.05) is 54.6 Å². The van der Waals surface area contributed by atoms with Crippen LogP contribution in [0.1, 0.15) is 29.0 Å². The number of fused-ring (bicyclic) bond motifs is 1. The maximum atomic E-state index is 2.38. The van der Waals surface area contributed by atoms with Crippen LogP contribution in [0, 0.1) is 0 Å². The third-order valence-corrected chi connectivity index (χ3v) is 4.31. The highest BCUT2D eigenvalue weighted by Gasteiger charge is 2.31. The topological polar surface area (TPSA) is 3.24 Å². The van der Waals surface area contributed by atoms with Crippen LogP contribution >= 0.6 is 0 Å². The van der Waals surface area contributed by atoms with E-state index in [1.54, 1.807) is 0 Å². The summed E-state index contributed by atoms with van der Waals surface area (Å²) in [5.41, 5.74) is 4.47. The van der Waals surface area contributed by atoms with E-state index in [4.69, 9.17) is 0 Å². The monoisotopic (exact) mass is 251 g/mol. The van der Waals surface area contributed by atoms with Crippen molar-refractivity contribution in [1.29, 1.82) is 0 Å². The van der Waals surface area contributed by atoms with Crippen molar-refractivity contribution in [2.45, 2.75) is 24.8 Å². The molecule has 0 aliphatic heterocycles. The van der Waals surface area contributed by atoms with E-state index >= 15 is 0 Å². The van der Waals surface area contributed by atoms with Crippen LogP contribution in [-0.4, -0.2) is 25.0 Å². The Balaban J connectivity index is 2.10. The fourth-order valence-corrected chi connectivity index (χ4v) is 3.36. The molecule has 0 radical (unpaired) electrons. The zero-order valence-electron chi connectivity index (χ0n) is 11.7. The van der Waals surface area contributed by atoms with Crippen LogP contribution in [0.4, 0.5) is 0 Å². The molecule has 2 aromatic rings. The molecule has 1 nitrogen and oxygen atoms in total. The summed E-state index contributed by atoms with van der Waals surface area (Å²) in [6.07, 6.45) is 2.44. The van der Waals surface area contributed by atoms with Gasteiger partial charge in [0.1, 0.15) is 0 Å². The van der Waals surface area contributed by atoms with Crippen molar-refractivity contribution >= 4 is 0 Å². The fraction of sp³-hybridized carbons (Fsp3) is 0.333. The minimum absolute atomic E-state index is 0.501. The SMILES string of the molecule is CN(C)[C@@H]1CCc2ccccc2[C@@H]1c1ccccc1. The minimum Gasteiger partial charge on any atom is -0.305 e. The van der Waals surface area contributed by atoms with Crippen LogP contribution in [-0.2, 0) is 6.42 Å². The third kappa shape index (κ3) is 2.31. The second kappa shape index (κ2) is 5.18. The Hall–Kier alpha value is -1.60. The van der Waals surface area contributed by atoms with Crippen molar-refractivity contribution in [2.24, 2.45) is 0 Å². The summed E-state index contributed by atoms with van der Waals surface area (Å²) in [6.45, 7) is 0. The molecule has 98 valence electrons. The second-order valence-electron chi connectivity index (χ2n) is 5.66. The van der Waals surface area contributed by atoms with Gasteiger partial charge in [0, 0.05) is 12.0 Å². The summed E-state index contributed by atoms with van der Waals surface area (Å²) >= 11 is 0. The Morgan fingerprint density at radius 1 is 0.895 bits per heavy atom. The smallest absolute Gasteiger partial charge is 0.0248 e. The minimum atomic E-state index is 0.501. The van der Waals surface area contributed by atoms with Crippen molar-refractivity contribution in [3.63, 3.8) is 0 Å². The Morgan fingerprint density at radius 3 is 2.32 bits per heavy atom. The highest BCUT2D eigenvalue weighted by Crippen LogP contribution is 2.38. The van der Waals surface area contributed by atoms with Crippen molar-refractivity contribution in [3.05, 3.63) is 71.3 Å². The van der Waals surface area contributed by atoms with Crippen LogP contribution in [0.25, 0.3) is 0 Å². The Labute approximate surface area is 115 Å². The lowest BCUT2D eigenvalue weighted by Gasteiger charge is -2.38. The number of nitrogens with zero attached hydrogens (tertiary/aromatic N) is 1. The van der Waals surface area contributed by atoms with Gasteiger partial charge >= 0.3 is 0 Å². The predicted molar refractivity (Wildman–Crippen MR) is 80.5 cm³/mol. The molecular weight excluding hydrogens is 230 g/mol. The first-order valence-corrected chi connectivity index (χ1v) is 7.06. The van der Waals surface area contributed by atoms with E-state index in [2.05, 4.69) is 73.6 Å². The molecule has 1 heteroatoms. The average Bonchev–Trinajstić information content (AvgIpc) is 2.46.